The van der Waals surface area contributed by atoms with E-state index >= 15 is 0 Å². The molecule has 0 amide bonds. The SMILES string of the molecule is CCCCCCCCCCCCCCCC[N+](C)(C)Cc1ccccc1.COS(=O)(=O)[O-]. The summed E-state index contributed by atoms with van der Waals surface area (Å²) in [6, 6.07) is 10.9. The van der Waals surface area contributed by atoms with Gasteiger partial charge in [0.15, 0.2) is 0 Å². The molecule has 0 aliphatic carbocycles. The van der Waals surface area contributed by atoms with Crippen LogP contribution in [0, 0.1) is 0 Å². The maximum atomic E-state index is 9.22. The van der Waals surface area contributed by atoms with Gasteiger partial charge in [-0.05, 0) is 12.8 Å². The van der Waals surface area contributed by atoms with Crippen LogP contribution in [-0.2, 0) is 21.1 Å². The molecule has 0 N–H and O–H groups in total. The second-order valence-electron chi connectivity index (χ2n) is 9.47. The Hall–Kier alpha value is -0.950. The summed E-state index contributed by atoms with van der Waals surface area (Å²) >= 11 is 0. The minimum atomic E-state index is -4.41. The lowest BCUT2D eigenvalue weighted by atomic mass is 10.0. The van der Waals surface area contributed by atoms with Gasteiger partial charge in [0.1, 0.15) is 6.54 Å². The Labute approximate surface area is 199 Å². The molecule has 1 aromatic carbocycles. The Bertz CT molecular complexity index is 632. The van der Waals surface area contributed by atoms with Gasteiger partial charge in [-0.3, -0.25) is 4.18 Å². The van der Waals surface area contributed by atoms with Gasteiger partial charge in [-0.15, -0.1) is 0 Å². The Balaban J connectivity index is 0.00000140. The summed E-state index contributed by atoms with van der Waals surface area (Å²) in [5, 5.41) is 0. The molecule has 0 aliphatic heterocycles. The van der Waals surface area contributed by atoms with Gasteiger partial charge >= 0.3 is 0 Å². The summed E-state index contributed by atoms with van der Waals surface area (Å²) in [7, 11) is 1.14. The van der Waals surface area contributed by atoms with Gasteiger partial charge in [0.2, 0.25) is 10.4 Å². The van der Waals surface area contributed by atoms with Gasteiger partial charge in [-0.1, -0.05) is 114 Å². The van der Waals surface area contributed by atoms with Crippen LogP contribution in [0.3, 0.4) is 0 Å². The molecule has 1 aromatic rings. The van der Waals surface area contributed by atoms with Crippen molar-refractivity contribution in [2.24, 2.45) is 0 Å². The highest BCUT2D eigenvalue weighted by molar-refractivity contribution is 7.80. The lowest BCUT2D eigenvalue weighted by Crippen LogP contribution is -2.39. The number of quaternary nitrogens is 1. The molecule has 0 saturated carbocycles. The molecular formula is C26H49NO4S. The van der Waals surface area contributed by atoms with Gasteiger partial charge < -0.3 is 9.04 Å². The zero-order chi connectivity index (χ0) is 24.1. The van der Waals surface area contributed by atoms with Crippen LogP contribution in [0.15, 0.2) is 30.3 Å². The molecule has 32 heavy (non-hydrogen) atoms. The van der Waals surface area contributed by atoms with Crippen molar-refractivity contribution in [2.75, 3.05) is 27.7 Å². The van der Waals surface area contributed by atoms with E-state index in [4.69, 9.17) is 0 Å². The van der Waals surface area contributed by atoms with Crippen LogP contribution in [0.25, 0.3) is 0 Å². The molecule has 0 heterocycles. The van der Waals surface area contributed by atoms with Gasteiger partial charge in [0, 0.05) is 5.56 Å². The van der Waals surface area contributed by atoms with Crippen LogP contribution < -0.4 is 0 Å². The van der Waals surface area contributed by atoms with Crippen molar-refractivity contribution in [3.05, 3.63) is 35.9 Å². The van der Waals surface area contributed by atoms with Crippen molar-refractivity contribution in [1.29, 1.82) is 0 Å². The maximum Gasteiger partial charge on any atom is 0.217 e. The normalized spacial score (nSPS) is 11.8. The number of hydrogen-bond donors (Lipinski definition) is 0. The molecule has 0 aliphatic rings. The zero-order valence-corrected chi connectivity index (χ0v) is 22.0. The largest absolute Gasteiger partial charge is 0.726 e. The summed E-state index contributed by atoms with van der Waals surface area (Å²) < 4.78 is 32.1. The van der Waals surface area contributed by atoms with Gasteiger partial charge in [0.25, 0.3) is 0 Å². The molecular weight excluding hydrogens is 422 g/mol. The summed E-state index contributed by atoms with van der Waals surface area (Å²) in [6.45, 7) is 4.75. The molecule has 0 fully saturated rings. The summed E-state index contributed by atoms with van der Waals surface area (Å²) in [5.41, 5.74) is 1.46. The van der Waals surface area contributed by atoms with Crippen molar-refractivity contribution >= 4 is 10.4 Å². The second kappa shape index (κ2) is 19.5. The van der Waals surface area contributed by atoms with E-state index in [0.29, 0.717) is 0 Å². The smallest absolute Gasteiger partial charge is 0.217 e. The summed E-state index contributed by atoms with van der Waals surface area (Å²) in [6.07, 6.45) is 20.2. The highest BCUT2D eigenvalue weighted by Gasteiger charge is 2.14. The van der Waals surface area contributed by atoms with E-state index in [1.807, 2.05) is 0 Å². The van der Waals surface area contributed by atoms with Crippen LogP contribution in [0.4, 0.5) is 0 Å². The Morgan fingerprint density at radius 1 is 0.750 bits per heavy atom. The van der Waals surface area contributed by atoms with E-state index in [2.05, 4.69) is 55.5 Å². The molecule has 5 nitrogen and oxygen atoms in total. The second-order valence-corrected chi connectivity index (χ2v) is 10.6. The fraction of sp³-hybridized carbons (Fsp3) is 0.769. The Morgan fingerprint density at radius 2 is 1.12 bits per heavy atom. The Kier molecular flexibility index (Phi) is 18.9. The molecule has 0 spiro atoms. The first-order chi connectivity index (χ1) is 15.2. The standard InChI is InChI=1S/C25H46N.CH4O4S/c1-4-5-6-7-8-9-10-11-12-13-14-15-16-20-23-26(2,3)24-25-21-18-17-19-22-25;1-5-6(2,3)4/h17-19,21-22H,4-16,20,23-24H2,1-3H3;1H3,(H,2,3,4)/q+1;/p-1. The van der Waals surface area contributed by atoms with Gasteiger partial charge in [-0.2, -0.15) is 0 Å². The fourth-order valence-corrected chi connectivity index (χ4v) is 3.89. The predicted molar refractivity (Wildman–Crippen MR) is 134 cm³/mol. The van der Waals surface area contributed by atoms with E-state index in [0.717, 1.165) is 18.1 Å². The van der Waals surface area contributed by atoms with E-state index in [-0.39, 0.29) is 0 Å². The number of benzene rings is 1. The number of rotatable bonds is 18. The molecule has 1 rings (SSSR count). The monoisotopic (exact) mass is 471 g/mol. The van der Waals surface area contributed by atoms with Crippen molar-refractivity contribution < 1.29 is 21.6 Å². The molecule has 0 aromatic heterocycles. The Morgan fingerprint density at radius 3 is 1.50 bits per heavy atom. The topological polar surface area (TPSA) is 66.4 Å². The third-order valence-corrected chi connectivity index (χ3v) is 6.18. The lowest BCUT2D eigenvalue weighted by Gasteiger charge is -2.30. The first-order valence-corrected chi connectivity index (χ1v) is 13.9. The molecule has 188 valence electrons. The van der Waals surface area contributed by atoms with Crippen LogP contribution in [-0.4, -0.2) is 45.2 Å². The van der Waals surface area contributed by atoms with Crippen molar-refractivity contribution in [2.45, 2.75) is 103 Å². The molecule has 0 saturated heterocycles. The first kappa shape index (κ1) is 31.0. The lowest BCUT2D eigenvalue weighted by molar-refractivity contribution is -0.903. The number of unbranched alkanes of at least 4 members (excludes halogenated alkanes) is 13. The number of nitrogens with zero attached hydrogens (tertiary/aromatic N) is 1. The van der Waals surface area contributed by atoms with Crippen LogP contribution in [0.2, 0.25) is 0 Å². The van der Waals surface area contributed by atoms with Crippen LogP contribution in [0.1, 0.15) is 102 Å². The van der Waals surface area contributed by atoms with Crippen molar-refractivity contribution in [3.8, 4) is 0 Å². The third-order valence-electron chi connectivity index (χ3n) is 5.77. The first-order valence-electron chi connectivity index (χ1n) is 12.6. The quantitative estimate of drug-likeness (QED) is 0.102. The average Bonchev–Trinajstić information content (AvgIpc) is 2.74. The van der Waals surface area contributed by atoms with E-state index < -0.39 is 10.4 Å². The fourth-order valence-electron chi connectivity index (χ4n) is 3.89. The van der Waals surface area contributed by atoms with Gasteiger partial charge in [0.05, 0.1) is 27.7 Å². The minimum Gasteiger partial charge on any atom is -0.726 e. The molecule has 0 radical (unpaired) electrons. The summed E-state index contributed by atoms with van der Waals surface area (Å²) in [4.78, 5) is 0. The highest BCUT2D eigenvalue weighted by Crippen LogP contribution is 2.15. The molecule has 6 heteroatoms. The zero-order valence-electron chi connectivity index (χ0n) is 21.2. The third kappa shape index (κ3) is 22.3. The highest BCUT2D eigenvalue weighted by atomic mass is 32.3. The van der Waals surface area contributed by atoms with Gasteiger partial charge in [-0.25, -0.2) is 8.42 Å². The van der Waals surface area contributed by atoms with Crippen LogP contribution in [0.5, 0.6) is 0 Å². The van der Waals surface area contributed by atoms with E-state index in [9.17, 15) is 13.0 Å². The number of hydrogen-bond acceptors (Lipinski definition) is 4. The maximum absolute atomic E-state index is 9.22. The van der Waals surface area contributed by atoms with Crippen LogP contribution >= 0.6 is 0 Å². The van der Waals surface area contributed by atoms with E-state index in [1.165, 1.54) is 102 Å². The van der Waals surface area contributed by atoms with E-state index in [1.54, 1.807) is 0 Å². The molecule has 0 unspecified atom stereocenters. The predicted octanol–water partition coefficient (Wildman–Crippen LogP) is 6.84. The van der Waals surface area contributed by atoms with Crippen molar-refractivity contribution in [3.63, 3.8) is 0 Å². The molecule has 0 atom stereocenters. The minimum absolute atomic E-state index is 0.808. The average molecular weight is 472 g/mol. The van der Waals surface area contributed by atoms with Crippen molar-refractivity contribution in [1.82, 2.24) is 0 Å². The molecule has 0 bridgehead atoms. The summed E-state index contributed by atoms with van der Waals surface area (Å²) in [5.74, 6) is 0.